The number of hydrogen-bond acceptors (Lipinski definition) is 3. The summed E-state index contributed by atoms with van der Waals surface area (Å²) >= 11 is 5.81. The Bertz CT molecular complexity index is 576. The van der Waals surface area contributed by atoms with Crippen LogP contribution in [0.15, 0.2) is 30.6 Å². The molecule has 0 atom stereocenters. The lowest BCUT2D eigenvalue weighted by Gasteiger charge is -2.09. The number of halogens is 1. The van der Waals surface area contributed by atoms with Gasteiger partial charge in [0.05, 0.1) is 17.0 Å². The monoisotopic (exact) mass is 275 g/mol. The molecule has 0 unspecified atom stereocenters. The van der Waals surface area contributed by atoms with Gasteiger partial charge in [0.25, 0.3) is 5.91 Å². The lowest BCUT2D eigenvalue weighted by atomic mass is 10.1. The van der Waals surface area contributed by atoms with Crippen LogP contribution in [-0.2, 0) is 6.54 Å². The third-order valence-corrected chi connectivity index (χ3v) is 3.07. The maximum atomic E-state index is 12.1. The van der Waals surface area contributed by atoms with E-state index in [4.69, 9.17) is 11.6 Å². The first-order valence-corrected chi connectivity index (χ1v) is 6.26. The minimum Gasteiger partial charge on any atom is -0.348 e. The van der Waals surface area contributed by atoms with Crippen LogP contribution in [0.25, 0.3) is 0 Å². The van der Waals surface area contributed by atoms with Gasteiger partial charge in [0.15, 0.2) is 0 Å². The van der Waals surface area contributed by atoms with Gasteiger partial charge in [-0.05, 0) is 31.5 Å². The maximum absolute atomic E-state index is 12.1. The zero-order valence-corrected chi connectivity index (χ0v) is 11.5. The first-order chi connectivity index (χ1) is 9.08. The standard InChI is InChI=1S/C14H14ClN3O/c1-9-13(10(2)18-8-17-9)14(19)16-7-11-3-5-12(15)6-4-11/h3-6,8H,7H2,1-2H3,(H,16,19). The van der Waals surface area contributed by atoms with Crippen molar-refractivity contribution in [3.63, 3.8) is 0 Å². The number of nitrogens with zero attached hydrogens (tertiary/aromatic N) is 2. The topological polar surface area (TPSA) is 54.9 Å². The van der Waals surface area contributed by atoms with Gasteiger partial charge in [-0.25, -0.2) is 9.97 Å². The Morgan fingerprint density at radius 3 is 2.32 bits per heavy atom. The van der Waals surface area contributed by atoms with Crippen LogP contribution in [0.2, 0.25) is 5.02 Å². The van der Waals surface area contributed by atoms with Crippen LogP contribution in [0.3, 0.4) is 0 Å². The Morgan fingerprint density at radius 1 is 1.16 bits per heavy atom. The zero-order chi connectivity index (χ0) is 13.8. The predicted molar refractivity (Wildman–Crippen MR) is 74.1 cm³/mol. The summed E-state index contributed by atoms with van der Waals surface area (Å²) in [5, 5.41) is 3.53. The van der Waals surface area contributed by atoms with Crippen molar-refractivity contribution in [3.05, 3.63) is 58.1 Å². The smallest absolute Gasteiger partial charge is 0.255 e. The summed E-state index contributed by atoms with van der Waals surface area (Å²) in [6.45, 7) is 4.04. The van der Waals surface area contributed by atoms with Crippen LogP contribution >= 0.6 is 11.6 Å². The number of hydrogen-bond donors (Lipinski definition) is 1. The Labute approximate surface area is 116 Å². The summed E-state index contributed by atoms with van der Waals surface area (Å²) in [6.07, 6.45) is 1.46. The van der Waals surface area contributed by atoms with Gasteiger partial charge in [-0.2, -0.15) is 0 Å². The molecule has 2 aromatic rings. The normalized spacial score (nSPS) is 10.3. The molecule has 0 aliphatic rings. The molecule has 0 aliphatic carbocycles. The molecule has 2 rings (SSSR count). The molecule has 0 radical (unpaired) electrons. The molecule has 1 aromatic heterocycles. The highest BCUT2D eigenvalue weighted by atomic mass is 35.5. The molecule has 1 N–H and O–H groups in total. The lowest BCUT2D eigenvalue weighted by molar-refractivity contribution is 0.0948. The highest BCUT2D eigenvalue weighted by molar-refractivity contribution is 6.30. The molecular formula is C14H14ClN3O. The van der Waals surface area contributed by atoms with Crippen LogP contribution in [0.4, 0.5) is 0 Å². The fourth-order valence-electron chi connectivity index (χ4n) is 1.79. The molecule has 4 nitrogen and oxygen atoms in total. The van der Waals surface area contributed by atoms with Gasteiger partial charge in [0.1, 0.15) is 6.33 Å². The van der Waals surface area contributed by atoms with E-state index in [1.807, 2.05) is 12.1 Å². The molecule has 0 aliphatic heterocycles. The largest absolute Gasteiger partial charge is 0.348 e. The number of carbonyl (C=O) groups excluding carboxylic acids is 1. The van der Waals surface area contributed by atoms with E-state index in [-0.39, 0.29) is 5.91 Å². The SMILES string of the molecule is Cc1ncnc(C)c1C(=O)NCc1ccc(Cl)cc1. The Morgan fingerprint density at radius 2 is 1.74 bits per heavy atom. The first-order valence-electron chi connectivity index (χ1n) is 5.89. The van der Waals surface area contributed by atoms with E-state index < -0.39 is 0 Å². The molecule has 0 fully saturated rings. The van der Waals surface area contributed by atoms with E-state index in [1.54, 1.807) is 26.0 Å². The van der Waals surface area contributed by atoms with Crippen LogP contribution in [0.5, 0.6) is 0 Å². The van der Waals surface area contributed by atoms with Crippen molar-refractivity contribution < 1.29 is 4.79 Å². The summed E-state index contributed by atoms with van der Waals surface area (Å²) in [5.74, 6) is -0.162. The van der Waals surface area contributed by atoms with Crippen molar-refractivity contribution in [2.24, 2.45) is 0 Å². The Kier molecular flexibility index (Phi) is 4.12. The van der Waals surface area contributed by atoms with Crippen molar-refractivity contribution in [1.29, 1.82) is 0 Å². The average Bonchev–Trinajstić information content (AvgIpc) is 2.38. The van der Waals surface area contributed by atoms with E-state index in [2.05, 4.69) is 15.3 Å². The molecule has 5 heteroatoms. The van der Waals surface area contributed by atoms with E-state index >= 15 is 0 Å². The molecule has 1 amide bonds. The first kappa shape index (κ1) is 13.5. The number of nitrogens with one attached hydrogen (secondary N) is 1. The van der Waals surface area contributed by atoms with Crippen LogP contribution in [0.1, 0.15) is 27.3 Å². The van der Waals surface area contributed by atoms with Gasteiger partial charge in [0, 0.05) is 11.6 Å². The summed E-state index contributed by atoms with van der Waals surface area (Å²) < 4.78 is 0. The lowest BCUT2D eigenvalue weighted by Crippen LogP contribution is -2.25. The van der Waals surface area contributed by atoms with Gasteiger partial charge in [-0.1, -0.05) is 23.7 Å². The van der Waals surface area contributed by atoms with E-state index in [0.717, 1.165) is 5.56 Å². The molecule has 1 aromatic carbocycles. The van der Waals surface area contributed by atoms with E-state index in [1.165, 1.54) is 6.33 Å². The minimum atomic E-state index is -0.162. The van der Waals surface area contributed by atoms with Gasteiger partial charge in [-0.3, -0.25) is 4.79 Å². The number of carbonyl (C=O) groups is 1. The second kappa shape index (κ2) is 5.80. The van der Waals surface area contributed by atoms with Gasteiger partial charge >= 0.3 is 0 Å². The van der Waals surface area contributed by atoms with Crippen molar-refractivity contribution >= 4 is 17.5 Å². The summed E-state index contributed by atoms with van der Waals surface area (Å²) in [7, 11) is 0. The second-order valence-electron chi connectivity index (χ2n) is 4.23. The van der Waals surface area contributed by atoms with E-state index in [0.29, 0.717) is 28.5 Å². The molecule has 0 saturated heterocycles. The molecule has 0 bridgehead atoms. The summed E-state index contributed by atoms with van der Waals surface area (Å²) in [4.78, 5) is 20.2. The molecule has 0 saturated carbocycles. The maximum Gasteiger partial charge on any atom is 0.255 e. The molecule has 19 heavy (non-hydrogen) atoms. The third kappa shape index (κ3) is 3.29. The molecule has 98 valence electrons. The highest BCUT2D eigenvalue weighted by Gasteiger charge is 2.13. The van der Waals surface area contributed by atoms with Crippen LogP contribution in [0, 0.1) is 13.8 Å². The number of amides is 1. The van der Waals surface area contributed by atoms with Crippen molar-refractivity contribution in [1.82, 2.24) is 15.3 Å². The third-order valence-electron chi connectivity index (χ3n) is 2.82. The number of aryl methyl sites for hydroxylation is 2. The van der Waals surface area contributed by atoms with Crippen molar-refractivity contribution in [2.45, 2.75) is 20.4 Å². The average molecular weight is 276 g/mol. The number of rotatable bonds is 3. The summed E-state index contributed by atoms with van der Waals surface area (Å²) in [6, 6.07) is 7.35. The quantitative estimate of drug-likeness (QED) is 0.937. The van der Waals surface area contributed by atoms with Crippen molar-refractivity contribution in [2.75, 3.05) is 0 Å². The fourth-order valence-corrected chi connectivity index (χ4v) is 1.92. The van der Waals surface area contributed by atoms with Crippen LogP contribution in [-0.4, -0.2) is 15.9 Å². The number of aromatic nitrogens is 2. The fraction of sp³-hybridized carbons (Fsp3) is 0.214. The second-order valence-corrected chi connectivity index (χ2v) is 4.67. The Hall–Kier alpha value is -1.94. The molecule has 1 heterocycles. The van der Waals surface area contributed by atoms with Gasteiger partial charge in [-0.15, -0.1) is 0 Å². The molecule has 0 spiro atoms. The Balaban J connectivity index is 2.07. The minimum absolute atomic E-state index is 0.162. The zero-order valence-electron chi connectivity index (χ0n) is 10.8. The summed E-state index contributed by atoms with van der Waals surface area (Å²) in [5.41, 5.74) is 2.89. The van der Waals surface area contributed by atoms with Gasteiger partial charge in [0.2, 0.25) is 0 Å². The van der Waals surface area contributed by atoms with E-state index in [9.17, 15) is 4.79 Å². The predicted octanol–water partition coefficient (Wildman–Crippen LogP) is 2.68. The van der Waals surface area contributed by atoms with Crippen LogP contribution < -0.4 is 5.32 Å². The highest BCUT2D eigenvalue weighted by Crippen LogP contribution is 2.11. The molecular weight excluding hydrogens is 262 g/mol. The number of benzene rings is 1. The van der Waals surface area contributed by atoms with Crippen molar-refractivity contribution in [3.8, 4) is 0 Å². The van der Waals surface area contributed by atoms with Gasteiger partial charge < -0.3 is 5.32 Å².